The molecule has 1 aliphatic rings. The molecule has 128 valence electrons. The molecule has 0 radical (unpaired) electrons. The van der Waals surface area contributed by atoms with Gasteiger partial charge in [0.1, 0.15) is 5.82 Å². The number of aromatic nitrogens is 2. The van der Waals surface area contributed by atoms with Crippen LogP contribution in [0.1, 0.15) is 18.5 Å². The average molecular weight is 334 g/mol. The van der Waals surface area contributed by atoms with Gasteiger partial charge in [0.25, 0.3) is 0 Å². The van der Waals surface area contributed by atoms with E-state index < -0.39 is 0 Å². The number of ether oxygens (including phenoxy) is 1. The third-order valence-corrected chi connectivity index (χ3v) is 4.63. The van der Waals surface area contributed by atoms with Crippen molar-refractivity contribution in [3.8, 4) is 11.1 Å². The van der Waals surface area contributed by atoms with Crippen LogP contribution in [-0.4, -0.2) is 36.3 Å². The van der Waals surface area contributed by atoms with Crippen LogP contribution in [0.2, 0.25) is 0 Å². The average Bonchev–Trinajstić information content (AvgIpc) is 2.68. The largest absolute Gasteiger partial charge is 0.378 e. The molecule has 0 spiro atoms. The molecule has 1 unspecified atom stereocenters. The van der Waals surface area contributed by atoms with Crippen molar-refractivity contribution < 1.29 is 4.74 Å². The molecule has 1 atom stereocenters. The van der Waals surface area contributed by atoms with Gasteiger partial charge < -0.3 is 15.4 Å². The van der Waals surface area contributed by atoms with Gasteiger partial charge in [0, 0.05) is 19.1 Å². The van der Waals surface area contributed by atoms with Gasteiger partial charge in [-0.25, -0.2) is 4.98 Å². The summed E-state index contributed by atoms with van der Waals surface area (Å²) < 4.78 is 5.41. The molecular weight excluding hydrogens is 312 g/mol. The number of hydrogen-bond donors (Lipinski definition) is 1. The number of benzene rings is 2. The van der Waals surface area contributed by atoms with Gasteiger partial charge in [0.05, 0.1) is 30.4 Å². The molecule has 1 fully saturated rings. The first-order chi connectivity index (χ1) is 12.2. The van der Waals surface area contributed by atoms with E-state index in [-0.39, 0.29) is 6.04 Å². The highest BCUT2D eigenvalue weighted by atomic mass is 16.5. The molecule has 1 saturated heterocycles. The maximum absolute atomic E-state index is 5.93. The van der Waals surface area contributed by atoms with E-state index in [1.54, 1.807) is 0 Å². The Balaban J connectivity index is 1.68. The minimum atomic E-state index is 0.0487. The molecule has 3 aromatic rings. The Kier molecular flexibility index (Phi) is 4.34. The van der Waals surface area contributed by atoms with Crippen molar-refractivity contribution in [2.45, 2.75) is 13.0 Å². The first-order valence-corrected chi connectivity index (χ1v) is 8.66. The minimum absolute atomic E-state index is 0.0487. The lowest BCUT2D eigenvalue weighted by atomic mass is 10.0. The highest BCUT2D eigenvalue weighted by Gasteiger charge is 2.13. The molecule has 5 nitrogen and oxygen atoms in total. The van der Waals surface area contributed by atoms with E-state index in [2.05, 4.69) is 46.3 Å². The zero-order valence-corrected chi connectivity index (χ0v) is 14.4. The maximum Gasteiger partial charge on any atom is 0.148 e. The Hall–Kier alpha value is -2.50. The zero-order valence-electron chi connectivity index (χ0n) is 14.4. The second-order valence-electron chi connectivity index (χ2n) is 6.44. The van der Waals surface area contributed by atoms with Gasteiger partial charge in [-0.1, -0.05) is 30.3 Å². The second-order valence-corrected chi connectivity index (χ2v) is 6.44. The van der Waals surface area contributed by atoms with Gasteiger partial charge in [0.2, 0.25) is 0 Å². The number of anilines is 1. The molecule has 0 aliphatic carbocycles. The van der Waals surface area contributed by atoms with E-state index in [1.165, 1.54) is 0 Å². The highest BCUT2D eigenvalue weighted by Crippen LogP contribution is 2.25. The fourth-order valence-corrected chi connectivity index (χ4v) is 3.11. The summed E-state index contributed by atoms with van der Waals surface area (Å²) in [7, 11) is 0. The van der Waals surface area contributed by atoms with Gasteiger partial charge in [-0.3, -0.25) is 4.98 Å². The summed E-state index contributed by atoms with van der Waals surface area (Å²) in [6.07, 6.45) is 1.85. The summed E-state index contributed by atoms with van der Waals surface area (Å²) in [6, 6.07) is 14.7. The van der Waals surface area contributed by atoms with Crippen LogP contribution in [0, 0.1) is 0 Å². The SMILES string of the molecule is CC(N)c1ccc(-c2ccc3ncc(N4CCOCC4)nc3c2)cc1. The molecule has 0 bridgehead atoms. The van der Waals surface area contributed by atoms with Gasteiger partial charge in [-0.2, -0.15) is 0 Å². The predicted molar refractivity (Wildman–Crippen MR) is 101 cm³/mol. The molecule has 5 heteroatoms. The highest BCUT2D eigenvalue weighted by molar-refractivity contribution is 5.82. The molecule has 1 aromatic heterocycles. The Bertz CT molecular complexity index is 871. The van der Waals surface area contributed by atoms with E-state index >= 15 is 0 Å². The van der Waals surface area contributed by atoms with Crippen molar-refractivity contribution in [2.24, 2.45) is 5.73 Å². The first kappa shape index (κ1) is 16.0. The van der Waals surface area contributed by atoms with Crippen molar-refractivity contribution in [1.29, 1.82) is 0 Å². The van der Waals surface area contributed by atoms with E-state index in [9.17, 15) is 0 Å². The second kappa shape index (κ2) is 6.78. The molecule has 2 N–H and O–H groups in total. The minimum Gasteiger partial charge on any atom is -0.378 e. The molecule has 25 heavy (non-hydrogen) atoms. The summed E-state index contributed by atoms with van der Waals surface area (Å²) in [5, 5.41) is 0. The molecule has 4 rings (SSSR count). The van der Waals surface area contributed by atoms with Crippen molar-refractivity contribution in [3.05, 3.63) is 54.2 Å². The number of nitrogens with zero attached hydrogens (tertiary/aromatic N) is 3. The van der Waals surface area contributed by atoms with Crippen LogP contribution in [0.3, 0.4) is 0 Å². The summed E-state index contributed by atoms with van der Waals surface area (Å²) in [6.45, 7) is 5.20. The van der Waals surface area contributed by atoms with Crippen LogP contribution in [0.15, 0.2) is 48.7 Å². The van der Waals surface area contributed by atoms with Crippen molar-refractivity contribution in [2.75, 3.05) is 31.2 Å². The summed E-state index contributed by atoms with van der Waals surface area (Å²) in [5.74, 6) is 0.917. The van der Waals surface area contributed by atoms with Crippen LogP contribution in [-0.2, 0) is 4.74 Å². The van der Waals surface area contributed by atoms with Gasteiger partial charge >= 0.3 is 0 Å². The topological polar surface area (TPSA) is 64.3 Å². The van der Waals surface area contributed by atoms with Gasteiger partial charge in [-0.05, 0) is 35.7 Å². The van der Waals surface area contributed by atoms with Crippen LogP contribution < -0.4 is 10.6 Å². The van der Waals surface area contributed by atoms with Crippen LogP contribution in [0.25, 0.3) is 22.2 Å². The molecule has 0 amide bonds. The Morgan fingerprint density at radius 1 is 1.00 bits per heavy atom. The van der Waals surface area contributed by atoms with Crippen LogP contribution >= 0.6 is 0 Å². The fraction of sp³-hybridized carbons (Fsp3) is 0.300. The number of nitrogens with two attached hydrogens (primary N) is 1. The molecule has 0 saturated carbocycles. The lowest BCUT2D eigenvalue weighted by Gasteiger charge is -2.27. The molecular formula is C20H22N4O. The van der Waals surface area contributed by atoms with Gasteiger partial charge in [0.15, 0.2) is 0 Å². The van der Waals surface area contributed by atoms with Crippen LogP contribution in [0.5, 0.6) is 0 Å². The Morgan fingerprint density at radius 3 is 2.44 bits per heavy atom. The smallest absolute Gasteiger partial charge is 0.148 e. The monoisotopic (exact) mass is 334 g/mol. The van der Waals surface area contributed by atoms with Gasteiger partial charge in [-0.15, -0.1) is 0 Å². The quantitative estimate of drug-likeness (QED) is 0.797. The van der Waals surface area contributed by atoms with E-state index in [0.29, 0.717) is 0 Å². The number of rotatable bonds is 3. The van der Waals surface area contributed by atoms with Crippen molar-refractivity contribution in [1.82, 2.24) is 9.97 Å². The lowest BCUT2D eigenvalue weighted by molar-refractivity contribution is 0.122. The summed E-state index contributed by atoms with van der Waals surface area (Å²) in [5.41, 5.74) is 11.2. The molecule has 2 heterocycles. The van der Waals surface area contributed by atoms with E-state index in [1.807, 2.05) is 19.2 Å². The molecule has 2 aromatic carbocycles. The van der Waals surface area contributed by atoms with Crippen molar-refractivity contribution in [3.63, 3.8) is 0 Å². The van der Waals surface area contributed by atoms with E-state index in [0.717, 1.165) is 59.8 Å². The third kappa shape index (κ3) is 3.34. The predicted octanol–water partition coefficient (Wildman–Crippen LogP) is 3.15. The third-order valence-electron chi connectivity index (χ3n) is 4.63. The fourth-order valence-electron chi connectivity index (χ4n) is 3.11. The summed E-state index contributed by atoms with van der Waals surface area (Å²) >= 11 is 0. The number of hydrogen-bond acceptors (Lipinski definition) is 5. The summed E-state index contributed by atoms with van der Waals surface area (Å²) in [4.78, 5) is 11.6. The maximum atomic E-state index is 5.93. The number of morpholine rings is 1. The molecule has 1 aliphatic heterocycles. The first-order valence-electron chi connectivity index (χ1n) is 8.66. The van der Waals surface area contributed by atoms with Crippen LogP contribution in [0.4, 0.5) is 5.82 Å². The normalized spacial score (nSPS) is 16.2. The standard InChI is InChI=1S/C20H22N4O/c1-14(21)15-2-4-16(5-3-15)17-6-7-18-19(12-17)23-20(13-22-18)24-8-10-25-11-9-24/h2-7,12-14H,8-11,21H2,1H3. The number of fused-ring (bicyclic) bond motifs is 1. The lowest BCUT2D eigenvalue weighted by Crippen LogP contribution is -2.36. The Morgan fingerprint density at radius 2 is 1.72 bits per heavy atom. The van der Waals surface area contributed by atoms with E-state index in [4.69, 9.17) is 15.5 Å². The Labute approximate surface area is 147 Å². The van der Waals surface area contributed by atoms with Crippen molar-refractivity contribution >= 4 is 16.9 Å². The zero-order chi connectivity index (χ0) is 17.2.